The molecule has 0 saturated carbocycles. The smallest absolute Gasteiger partial charge is 0.265 e. The number of benzene rings is 3. The molecule has 0 atom stereocenters. The maximum Gasteiger partial charge on any atom is 0.265 e. The fraction of sp³-hybridized carbons (Fsp3) is 0.115. The fourth-order valence-electron chi connectivity index (χ4n) is 3.73. The molecule has 0 radical (unpaired) electrons. The summed E-state index contributed by atoms with van der Waals surface area (Å²) in [4.78, 5) is 31.7. The molecular formula is C26H20ClN3O3S. The van der Waals surface area contributed by atoms with E-state index in [1.807, 2.05) is 60.8 Å². The molecule has 0 unspecified atom stereocenters. The number of ether oxygens (including phenoxy) is 1. The van der Waals surface area contributed by atoms with Gasteiger partial charge in [-0.05, 0) is 42.8 Å². The molecule has 8 heteroatoms. The SMILES string of the molecule is Cc1c(Cl)cccc1NC(=O)CN1C(=O)COc2ccc(-c3csc(-c4ccccc4)n3)cc21. The van der Waals surface area contributed by atoms with Crippen LogP contribution in [0.3, 0.4) is 0 Å². The van der Waals surface area contributed by atoms with Crippen LogP contribution in [-0.4, -0.2) is 29.9 Å². The van der Waals surface area contributed by atoms with E-state index < -0.39 is 0 Å². The first-order valence-corrected chi connectivity index (χ1v) is 11.9. The third kappa shape index (κ3) is 4.40. The van der Waals surface area contributed by atoms with Crippen molar-refractivity contribution in [3.8, 4) is 27.6 Å². The number of thiazole rings is 1. The fourth-order valence-corrected chi connectivity index (χ4v) is 4.74. The largest absolute Gasteiger partial charge is 0.482 e. The lowest BCUT2D eigenvalue weighted by atomic mass is 10.1. The molecule has 5 rings (SSSR count). The number of nitrogens with one attached hydrogen (secondary N) is 1. The quantitative estimate of drug-likeness (QED) is 0.384. The molecule has 170 valence electrons. The van der Waals surface area contributed by atoms with Crippen molar-refractivity contribution in [3.63, 3.8) is 0 Å². The molecule has 0 saturated heterocycles. The van der Waals surface area contributed by atoms with Crippen molar-refractivity contribution in [3.05, 3.63) is 82.7 Å². The van der Waals surface area contributed by atoms with Crippen LogP contribution in [0, 0.1) is 6.92 Å². The normalized spacial score (nSPS) is 12.8. The van der Waals surface area contributed by atoms with Crippen molar-refractivity contribution in [1.82, 2.24) is 4.98 Å². The van der Waals surface area contributed by atoms with E-state index in [9.17, 15) is 9.59 Å². The van der Waals surface area contributed by atoms with Gasteiger partial charge in [0.05, 0.1) is 11.4 Å². The summed E-state index contributed by atoms with van der Waals surface area (Å²) in [5, 5.41) is 6.30. The van der Waals surface area contributed by atoms with E-state index in [-0.39, 0.29) is 25.0 Å². The third-order valence-corrected chi connectivity index (χ3v) is 6.87. The van der Waals surface area contributed by atoms with Gasteiger partial charge in [-0.1, -0.05) is 48.0 Å². The molecule has 1 aromatic heterocycles. The standard InChI is InChI=1S/C26H20ClN3O3S/c1-16-19(27)8-5-9-20(16)28-24(31)13-30-22-12-18(10-11-23(22)33-14-25(30)32)21-15-34-26(29-21)17-6-3-2-4-7-17/h2-12,15H,13-14H2,1H3,(H,28,31). The van der Waals surface area contributed by atoms with E-state index in [4.69, 9.17) is 21.3 Å². The molecule has 1 aliphatic rings. The van der Waals surface area contributed by atoms with E-state index in [0.29, 0.717) is 22.1 Å². The zero-order chi connectivity index (χ0) is 23.7. The Morgan fingerprint density at radius 3 is 2.76 bits per heavy atom. The molecule has 6 nitrogen and oxygen atoms in total. The highest BCUT2D eigenvalue weighted by Crippen LogP contribution is 2.37. The van der Waals surface area contributed by atoms with Crippen molar-refractivity contribution in [2.45, 2.75) is 6.92 Å². The van der Waals surface area contributed by atoms with Crippen LogP contribution >= 0.6 is 22.9 Å². The minimum Gasteiger partial charge on any atom is -0.482 e. The lowest BCUT2D eigenvalue weighted by Gasteiger charge is -2.29. The molecule has 2 amide bonds. The van der Waals surface area contributed by atoms with Gasteiger partial charge < -0.3 is 10.1 Å². The van der Waals surface area contributed by atoms with Crippen LogP contribution in [0.25, 0.3) is 21.8 Å². The number of aromatic nitrogens is 1. The Kier molecular flexibility index (Phi) is 6.04. The van der Waals surface area contributed by atoms with Crippen LogP contribution in [0.1, 0.15) is 5.56 Å². The maximum absolute atomic E-state index is 12.8. The van der Waals surface area contributed by atoms with Gasteiger partial charge >= 0.3 is 0 Å². The van der Waals surface area contributed by atoms with Crippen molar-refractivity contribution in [1.29, 1.82) is 0 Å². The molecular weight excluding hydrogens is 470 g/mol. The molecule has 34 heavy (non-hydrogen) atoms. The van der Waals surface area contributed by atoms with Gasteiger partial charge in [0.2, 0.25) is 5.91 Å². The number of nitrogens with zero attached hydrogens (tertiary/aromatic N) is 2. The first kappa shape index (κ1) is 22.1. The van der Waals surface area contributed by atoms with E-state index in [1.165, 1.54) is 4.90 Å². The predicted octanol–water partition coefficient (Wildman–Crippen LogP) is 5.80. The number of carbonyl (C=O) groups is 2. The number of hydrogen-bond acceptors (Lipinski definition) is 5. The molecule has 2 heterocycles. The Bertz CT molecular complexity index is 1390. The van der Waals surface area contributed by atoms with Crippen LogP contribution in [-0.2, 0) is 9.59 Å². The topological polar surface area (TPSA) is 71.5 Å². The maximum atomic E-state index is 12.8. The molecule has 0 spiro atoms. The number of hydrogen-bond donors (Lipinski definition) is 1. The highest BCUT2D eigenvalue weighted by molar-refractivity contribution is 7.13. The Balaban J connectivity index is 1.41. The van der Waals surface area contributed by atoms with Gasteiger partial charge in [0, 0.05) is 27.2 Å². The van der Waals surface area contributed by atoms with Crippen LogP contribution in [0.4, 0.5) is 11.4 Å². The Hall–Kier alpha value is -3.68. The predicted molar refractivity (Wildman–Crippen MR) is 136 cm³/mol. The van der Waals surface area contributed by atoms with Crippen LogP contribution < -0.4 is 15.0 Å². The zero-order valence-electron chi connectivity index (χ0n) is 18.2. The van der Waals surface area contributed by atoms with E-state index >= 15 is 0 Å². The van der Waals surface area contributed by atoms with Crippen LogP contribution in [0.5, 0.6) is 5.75 Å². The molecule has 3 aromatic carbocycles. The summed E-state index contributed by atoms with van der Waals surface area (Å²) >= 11 is 7.71. The van der Waals surface area contributed by atoms with Crippen molar-refractivity contribution in [2.75, 3.05) is 23.4 Å². The number of carbonyl (C=O) groups excluding carboxylic acids is 2. The summed E-state index contributed by atoms with van der Waals surface area (Å²) in [6.07, 6.45) is 0. The second-order valence-electron chi connectivity index (χ2n) is 7.82. The van der Waals surface area contributed by atoms with Gasteiger partial charge in [0.15, 0.2) is 6.61 Å². The molecule has 4 aromatic rings. The number of halogens is 1. The van der Waals surface area contributed by atoms with E-state index in [0.717, 1.165) is 27.4 Å². The van der Waals surface area contributed by atoms with Crippen LogP contribution in [0.2, 0.25) is 5.02 Å². The first-order chi connectivity index (χ1) is 16.5. The van der Waals surface area contributed by atoms with E-state index in [2.05, 4.69) is 5.32 Å². The molecule has 1 aliphatic heterocycles. The van der Waals surface area contributed by atoms with Gasteiger partial charge in [-0.3, -0.25) is 14.5 Å². The summed E-state index contributed by atoms with van der Waals surface area (Å²) in [7, 11) is 0. The first-order valence-electron chi connectivity index (χ1n) is 10.6. The van der Waals surface area contributed by atoms with Gasteiger partial charge in [-0.25, -0.2) is 4.98 Å². The van der Waals surface area contributed by atoms with Crippen molar-refractivity contribution in [2.24, 2.45) is 0 Å². The van der Waals surface area contributed by atoms with Crippen molar-refractivity contribution >= 4 is 46.1 Å². The summed E-state index contributed by atoms with van der Waals surface area (Å²) in [5.41, 5.74) is 4.61. The molecule has 1 N–H and O–H groups in total. The average Bonchev–Trinajstić information content (AvgIpc) is 3.35. The summed E-state index contributed by atoms with van der Waals surface area (Å²) in [6, 6.07) is 20.8. The van der Waals surface area contributed by atoms with Crippen molar-refractivity contribution < 1.29 is 14.3 Å². The Morgan fingerprint density at radius 2 is 1.94 bits per heavy atom. The van der Waals surface area contributed by atoms with Gasteiger partial charge in [-0.2, -0.15) is 0 Å². The number of amides is 2. The number of rotatable bonds is 5. The summed E-state index contributed by atoms with van der Waals surface area (Å²) in [6.45, 7) is 1.57. The number of fused-ring (bicyclic) bond motifs is 1. The summed E-state index contributed by atoms with van der Waals surface area (Å²) in [5.74, 6) is -0.0588. The summed E-state index contributed by atoms with van der Waals surface area (Å²) < 4.78 is 5.61. The monoisotopic (exact) mass is 489 g/mol. The van der Waals surface area contributed by atoms with Gasteiger partial charge in [-0.15, -0.1) is 11.3 Å². The highest BCUT2D eigenvalue weighted by atomic mass is 35.5. The second kappa shape index (κ2) is 9.29. The molecule has 0 fully saturated rings. The molecule has 0 aliphatic carbocycles. The lowest BCUT2D eigenvalue weighted by Crippen LogP contribution is -2.43. The minimum absolute atomic E-state index is 0.120. The average molecular weight is 490 g/mol. The van der Waals surface area contributed by atoms with Gasteiger partial charge in [0.25, 0.3) is 5.91 Å². The van der Waals surface area contributed by atoms with E-state index in [1.54, 1.807) is 29.5 Å². The highest BCUT2D eigenvalue weighted by Gasteiger charge is 2.28. The Labute approximate surface area is 205 Å². The molecule has 0 bridgehead atoms. The Morgan fingerprint density at radius 1 is 1.12 bits per heavy atom. The second-order valence-corrected chi connectivity index (χ2v) is 9.08. The minimum atomic E-state index is -0.322. The zero-order valence-corrected chi connectivity index (χ0v) is 19.8. The van der Waals surface area contributed by atoms with Crippen LogP contribution in [0.15, 0.2) is 72.1 Å². The number of anilines is 2. The lowest BCUT2D eigenvalue weighted by molar-refractivity contribution is -0.123. The van der Waals surface area contributed by atoms with Gasteiger partial charge in [0.1, 0.15) is 17.3 Å². The third-order valence-electron chi connectivity index (χ3n) is 5.57.